The number of nitrogens with two attached hydrogens (primary N) is 2. The molecule has 4 N–H and O–H groups in total. The Morgan fingerprint density at radius 1 is 0.943 bits per heavy atom. The van der Waals surface area contributed by atoms with Gasteiger partial charge in [-0.25, -0.2) is 4.98 Å². The van der Waals surface area contributed by atoms with Gasteiger partial charge in [0.1, 0.15) is 11.2 Å². The van der Waals surface area contributed by atoms with E-state index < -0.39 is 0 Å². The number of aryl methyl sites for hydroxylation is 1. The van der Waals surface area contributed by atoms with Gasteiger partial charge in [-0.1, -0.05) is 13.8 Å². The Kier molecular flexibility index (Phi) is 8.44. The maximum absolute atomic E-state index is 13.1. The van der Waals surface area contributed by atoms with Crippen molar-refractivity contribution in [3.63, 3.8) is 0 Å². The van der Waals surface area contributed by atoms with Crippen molar-refractivity contribution in [3.05, 3.63) is 38.5 Å². The monoisotopic (exact) mass is 481 g/mol. The number of nitrogens with zero attached hydrogens (tertiary/aromatic N) is 3. The topological polar surface area (TPSA) is 102 Å². The van der Waals surface area contributed by atoms with Gasteiger partial charge in [-0.3, -0.25) is 4.79 Å². The van der Waals surface area contributed by atoms with Crippen LogP contribution < -0.4 is 16.9 Å². The van der Waals surface area contributed by atoms with Crippen LogP contribution in [0.3, 0.4) is 0 Å². The standard InChI is InChI=1S/C28H43N5O2/c1-16(11-9-13-32(5)6)20-15-21(29)18(3)27-24(20)31-25-22(17(2)12-10-14-33(7)8)23(30)26(34)19(4)28(25)35-27/h15-17H,9-14,29-30H2,1-8H3. The lowest BCUT2D eigenvalue weighted by molar-refractivity contribution is 0.387. The van der Waals surface area contributed by atoms with E-state index in [2.05, 4.69) is 51.8 Å². The van der Waals surface area contributed by atoms with Crippen molar-refractivity contribution in [1.82, 2.24) is 14.8 Å². The maximum Gasteiger partial charge on any atom is 0.208 e. The molecule has 0 aromatic heterocycles. The zero-order valence-electron chi connectivity index (χ0n) is 22.8. The summed E-state index contributed by atoms with van der Waals surface area (Å²) in [6.07, 6.45) is 4.01. The zero-order chi connectivity index (χ0) is 26.0. The molecule has 1 aromatic carbocycles. The van der Waals surface area contributed by atoms with Gasteiger partial charge in [0, 0.05) is 22.4 Å². The van der Waals surface area contributed by atoms with Crippen LogP contribution >= 0.6 is 0 Å². The Labute approximate surface area is 209 Å². The maximum atomic E-state index is 13.1. The molecule has 1 heterocycles. The normalized spacial score (nSPS) is 13.9. The molecule has 0 spiro atoms. The first kappa shape index (κ1) is 27.0. The van der Waals surface area contributed by atoms with E-state index in [1.165, 1.54) is 0 Å². The SMILES string of the molecule is Cc1c2oc3c(C)c(N)cc(C(C)CCCN(C)C)c3nc-2c(C(C)CCCN(C)C)c(N)c1=O. The molecule has 192 valence electrons. The van der Waals surface area contributed by atoms with Crippen LogP contribution in [-0.4, -0.2) is 56.1 Å². The molecule has 1 aromatic rings. The van der Waals surface area contributed by atoms with Crippen LogP contribution in [0.15, 0.2) is 15.3 Å². The second-order valence-electron chi connectivity index (χ2n) is 10.7. The number of nitrogen functional groups attached to an aromatic ring is 2. The highest BCUT2D eigenvalue weighted by molar-refractivity contribution is 5.88. The van der Waals surface area contributed by atoms with E-state index in [9.17, 15) is 4.79 Å². The fourth-order valence-corrected chi connectivity index (χ4v) is 4.93. The van der Waals surface area contributed by atoms with Gasteiger partial charge in [-0.15, -0.1) is 0 Å². The van der Waals surface area contributed by atoms with Crippen LogP contribution in [0, 0.1) is 13.8 Å². The molecule has 0 fully saturated rings. The summed E-state index contributed by atoms with van der Waals surface area (Å²) in [5.41, 5.74) is 19.1. The molecule has 0 amide bonds. The molecule has 0 saturated heterocycles. The van der Waals surface area contributed by atoms with E-state index in [4.69, 9.17) is 20.9 Å². The van der Waals surface area contributed by atoms with E-state index in [1.807, 2.05) is 13.0 Å². The molecule has 0 saturated carbocycles. The summed E-state index contributed by atoms with van der Waals surface area (Å²) in [4.78, 5) is 22.6. The first-order valence-corrected chi connectivity index (χ1v) is 12.7. The van der Waals surface area contributed by atoms with E-state index in [-0.39, 0.29) is 17.3 Å². The van der Waals surface area contributed by atoms with Crippen molar-refractivity contribution in [3.8, 4) is 11.5 Å². The number of rotatable bonds is 10. The van der Waals surface area contributed by atoms with Crippen LogP contribution in [0.1, 0.15) is 73.6 Å². The van der Waals surface area contributed by atoms with Crippen LogP contribution in [0.4, 0.5) is 11.4 Å². The molecular weight excluding hydrogens is 438 g/mol. The molecule has 0 bridgehead atoms. The smallest absolute Gasteiger partial charge is 0.208 e. The van der Waals surface area contributed by atoms with Gasteiger partial charge in [-0.05, 0) is 104 Å². The minimum Gasteiger partial charge on any atom is -0.452 e. The summed E-state index contributed by atoms with van der Waals surface area (Å²) < 4.78 is 6.48. The van der Waals surface area contributed by atoms with Gasteiger partial charge in [0.25, 0.3) is 0 Å². The van der Waals surface area contributed by atoms with Crippen molar-refractivity contribution in [2.45, 2.75) is 65.2 Å². The van der Waals surface area contributed by atoms with Crippen LogP contribution in [-0.2, 0) is 0 Å². The number of anilines is 2. The summed E-state index contributed by atoms with van der Waals surface area (Å²) in [6, 6.07) is 2.05. The highest BCUT2D eigenvalue weighted by Gasteiger charge is 2.28. The Balaban J connectivity index is 2.22. The molecule has 2 atom stereocenters. The molecule has 7 nitrogen and oxygen atoms in total. The predicted octanol–water partition coefficient (Wildman–Crippen LogP) is 4.96. The molecule has 0 radical (unpaired) electrons. The Bertz CT molecular complexity index is 1210. The van der Waals surface area contributed by atoms with Gasteiger partial charge in [0.2, 0.25) is 5.43 Å². The number of fused-ring (bicyclic) bond motifs is 2. The molecule has 1 aliphatic heterocycles. The summed E-state index contributed by atoms with van der Waals surface area (Å²) in [5, 5.41) is 0. The van der Waals surface area contributed by atoms with Crippen molar-refractivity contribution in [2.24, 2.45) is 0 Å². The average molecular weight is 482 g/mol. The minimum atomic E-state index is -0.171. The minimum absolute atomic E-state index is 0.0849. The highest BCUT2D eigenvalue weighted by atomic mass is 16.3. The summed E-state index contributed by atoms with van der Waals surface area (Å²) in [7, 11) is 8.32. The second kappa shape index (κ2) is 11.0. The van der Waals surface area contributed by atoms with E-state index in [0.29, 0.717) is 34.0 Å². The third-order valence-corrected chi connectivity index (χ3v) is 7.20. The molecule has 35 heavy (non-hydrogen) atoms. The van der Waals surface area contributed by atoms with Gasteiger partial charge < -0.3 is 25.7 Å². The quantitative estimate of drug-likeness (QED) is 0.311. The Morgan fingerprint density at radius 2 is 1.51 bits per heavy atom. The van der Waals surface area contributed by atoms with Crippen LogP contribution in [0.5, 0.6) is 0 Å². The van der Waals surface area contributed by atoms with E-state index in [1.54, 1.807) is 6.92 Å². The van der Waals surface area contributed by atoms with Crippen molar-refractivity contribution >= 4 is 22.5 Å². The predicted molar refractivity (Wildman–Crippen MR) is 148 cm³/mol. The largest absolute Gasteiger partial charge is 0.452 e. The van der Waals surface area contributed by atoms with Gasteiger partial charge >= 0.3 is 0 Å². The molecule has 2 unspecified atom stereocenters. The number of hydrogen-bond acceptors (Lipinski definition) is 7. The molecule has 1 aliphatic carbocycles. The van der Waals surface area contributed by atoms with E-state index >= 15 is 0 Å². The van der Waals surface area contributed by atoms with Gasteiger partial charge in [-0.2, -0.15) is 0 Å². The fourth-order valence-electron chi connectivity index (χ4n) is 4.93. The number of aromatic nitrogens is 1. The summed E-state index contributed by atoms with van der Waals surface area (Å²) in [6.45, 7) is 10.1. The van der Waals surface area contributed by atoms with Crippen LogP contribution in [0.2, 0.25) is 0 Å². The molecular formula is C28H43N5O2. The first-order chi connectivity index (χ1) is 16.4. The highest BCUT2D eigenvalue weighted by Crippen LogP contribution is 2.41. The number of benzene rings is 2. The molecule has 3 rings (SSSR count). The molecule has 2 aliphatic rings. The lowest BCUT2D eigenvalue weighted by atomic mass is 9.88. The third-order valence-electron chi connectivity index (χ3n) is 7.20. The average Bonchev–Trinajstić information content (AvgIpc) is 2.78. The fraction of sp³-hybridized carbons (Fsp3) is 0.571. The van der Waals surface area contributed by atoms with E-state index in [0.717, 1.165) is 61.0 Å². The lowest BCUT2D eigenvalue weighted by Crippen LogP contribution is -2.20. The summed E-state index contributed by atoms with van der Waals surface area (Å²) in [5.74, 6) is 0.867. The summed E-state index contributed by atoms with van der Waals surface area (Å²) >= 11 is 0. The zero-order valence-corrected chi connectivity index (χ0v) is 22.8. The second-order valence-corrected chi connectivity index (χ2v) is 10.7. The Hall–Kier alpha value is -2.64. The van der Waals surface area contributed by atoms with Gasteiger partial charge in [0.05, 0.1) is 5.69 Å². The lowest BCUT2D eigenvalue weighted by Gasteiger charge is -2.23. The third kappa shape index (κ3) is 5.62. The Morgan fingerprint density at radius 3 is 2.09 bits per heavy atom. The van der Waals surface area contributed by atoms with Crippen LogP contribution in [0.25, 0.3) is 22.6 Å². The van der Waals surface area contributed by atoms with Crippen molar-refractivity contribution in [2.75, 3.05) is 52.7 Å². The first-order valence-electron chi connectivity index (χ1n) is 12.7. The van der Waals surface area contributed by atoms with Crippen molar-refractivity contribution < 1.29 is 4.42 Å². The number of hydrogen-bond donors (Lipinski definition) is 2. The van der Waals surface area contributed by atoms with Crippen molar-refractivity contribution in [1.29, 1.82) is 0 Å². The van der Waals surface area contributed by atoms with Gasteiger partial charge in [0.15, 0.2) is 11.3 Å². The molecule has 7 heteroatoms.